The van der Waals surface area contributed by atoms with Crippen molar-refractivity contribution in [1.82, 2.24) is 0 Å². The maximum Gasteiger partial charge on any atom is 0.312 e. The van der Waals surface area contributed by atoms with Crippen LogP contribution < -0.4 is 0 Å². The largest absolute Gasteiger partial charge is 0.469 e. The van der Waals surface area contributed by atoms with E-state index >= 15 is 0 Å². The first-order valence-corrected chi connectivity index (χ1v) is 15.1. The summed E-state index contributed by atoms with van der Waals surface area (Å²) in [4.78, 5) is 13.5. The van der Waals surface area contributed by atoms with Gasteiger partial charge in [0.1, 0.15) is 0 Å². The van der Waals surface area contributed by atoms with Crippen LogP contribution in [0.1, 0.15) is 106 Å². The van der Waals surface area contributed by atoms with Gasteiger partial charge in [-0.15, -0.1) is 0 Å². The summed E-state index contributed by atoms with van der Waals surface area (Å²) in [6, 6.07) is 0. The topological polar surface area (TPSA) is 46.5 Å². The maximum atomic E-state index is 13.4. The normalized spacial score (nSPS) is 52.2. The summed E-state index contributed by atoms with van der Waals surface area (Å²) in [5.41, 5.74) is 1.94. The van der Waals surface area contributed by atoms with Crippen molar-refractivity contribution in [3.63, 3.8) is 0 Å². The number of hydrogen-bond acceptors (Lipinski definition) is 3. The molecule has 0 radical (unpaired) electrons. The maximum absolute atomic E-state index is 13.4. The van der Waals surface area contributed by atoms with Crippen molar-refractivity contribution in [2.75, 3.05) is 7.11 Å². The molecule has 5 rings (SSSR count). The first kappa shape index (κ1) is 26.3. The molecule has 0 saturated heterocycles. The van der Waals surface area contributed by atoms with Gasteiger partial charge in [0.15, 0.2) is 0 Å². The SMILES string of the molecule is COC(=O)[C@]12CCC(C)(C)C[C@H]1C1=CC[C@@H]3[C@@]4(C)C[C@@H](Br)[C@H](O)C(C)(C)[C@@H]4CC[C@@]3(C)[C@]1(C)CC2. The Bertz CT molecular complexity index is 938. The molecule has 0 heterocycles. The van der Waals surface area contributed by atoms with Crippen molar-refractivity contribution in [2.45, 2.75) is 117 Å². The quantitative estimate of drug-likeness (QED) is 0.207. The standard InChI is InChI=1S/C31H49BrO3/c1-26(2)13-15-31(25(34)35-8)16-14-29(6)19(20(31)17-26)9-10-23-28(5)18-21(32)24(33)27(3,4)22(28)11-12-30(23,29)7/h9,20-24,33H,10-18H2,1-8H3/t20-,21+,22-,23+,24-,28-,29+,30+,31-/m0/s1. The Kier molecular flexibility index (Phi) is 5.88. The van der Waals surface area contributed by atoms with Crippen molar-refractivity contribution >= 4 is 21.9 Å². The Balaban J connectivity index is 1.61. The fraction of sp³-hybridized carbons (Fsp3) is 0.903. The molecule has 5 aliphatic carbocycles. The van der Waals surface area contributed by atoms with Gasteiger partial charge in [-0.05, 0) is 103 Å². The number of ether oxygens (including phenoxy) is 1. The third kappa shape index (κ3) is 3.26. The fourth-order valence-corrected chi connectivity index (χ4v) is 12.3. The monoisotopic (exact) mass is 548 g/mol. The molecule has 5 aliphatic rings. The summed E-state index contributed by atoms with van der Waals surface area (Å²) in [6.45, 7) is 17.1. The number of alkyl halides is 1. The number of rotatable bonds is 1. The van der Waals surface area contributed by atoms with E-state index in [0.29, 0.717) is 17.8 Å². The number of hydrogen-bond donors (Lipinski definition) is 1. The third-order valence-corrected chi connectivity index (χ3v) is 14.0. The zero-order valence-electron chi connectivity index (χ0n) is 23.5. The zero-order chi connectivity index (χ0) is 25.8. The summed E-state index contributed by atoms with van der Waals surface area (Å²) in [5, 5.41) is 11.1. The lowest BCUT2D eigenvalue weighted by molar-refractivity contribution is -0.203. The smallest absolute Gasteiger partial charge is 0.312 e. The second kappa shape index (κ2) is 7.84. The van der Waals surface area contributed by atoms with Crippen LogP contribution in [-0.4, -0.2) is 29.1 Å². The van der Waals surface area contributed by atoms with Gasteiger partial charge in [-0.2, -0.15) is 0 Å². The van der Waals surface area contributed by atoms with Crippen LogP contribution in [0.5, 0.6) is 0 Å². The van der Waals surface area contributed by atoms with E-state index in [0.717, 1.165) is 44.9 Å². The third-order valence-electron chi connectivity index (χ3n) is 13.1. The molecule has 4 heteroatoms. The number of aliphatic hydroxyl groups excluding tert-OH is 1. The minimum absolute atomic E-state index is 0.0362. The van der Waals surface area contributed by atoms with E-state index in [1.807, 2.05) is 0 Å². The highest BCUT2D eigenvalue weighted by Crippen LogP contribution is 2.76. The van der Waals surface area contributed by atoms with Crippen molar-refractivity contribution in [1.29, 1.82) is 0 Å². The molecule has 0 bridgehead atoms. The first-order valence-electron chi connectivity index (χ1n) is 14.2. The summed E-state index contributed by atoms with van der Waals surface area (Å²) in [5.74, 6) is 1.46. The summed E-state index contributed by atoms with van der Waals surface area (Å²) >= 11 is 3.92. The van der Waals surface area contributed by atoms with E-state index in [-0.39, 0.29) is 49.4 Å². The predicted octanol–water partition coefficient (Wildman–Crippen LogP) is 7.70. The van der Waals surface area contributed by atoms with Crippen LogP contribution in [-0.2, 0) is 9.53 Å². The molecule has 3 nitrogen and oxygen atoms in total. The number of allylic oxidation sites excluding steroid dienone is 2. The lowest BCUT2D eigenvalue weighted by atomic mass is 9.33. The molecule has 198 valence electrons. The number of halogens is 1. The minimum Gasteiger partial charge on any atom is -0.469 e. The molecule has 0 spiro atoms. The van der Waals surface area contributed by atoms with Crippen LogP contribution in [0.4, 0.5) is 0 Å². The second-order valence-corrected chi connectivity index (χ2v) is 16.5. The van der Waals surface area contributed by atoms with Crippen LogP contribution in [0, 0.1) is 50.2 Å². The lowest BCUT2D eigenvalue weighted by Crippen LogP contribution is -2.66. The van der Waals surface area contributed by atoms with Crippen molar-refractivity contribution in [3.05, 3.63) is 11.6 Å². The number of carbonyl (C=O) groups is 1. The highest BCUT2D eigenvalue weighted by molar-refractivity contribution is 9.09. The molecule has 4 fully saturated rings. The molecule has 0 unspecified atom stereocenters. The number of carbonyl (C=O) groups excluding carboxylic acids is 1. The number of methoxy groups -OCH3 is 1. The van der Waals surface area contributed by atoms with Gasteiger partial charge in [0.25, 0.3) is 0 Å². The molecule has 9 atom stereocenters. The van der Waals surface area contributed by atoms with E-state index in [1.54, 1.807) is 12.7 Å². The van der Waals surface area contributed by atoms with Crippen LogP contribution in [0.2, 0.25) is 0 Å². The molecule has 0 amide bonds. The summed E-state index contributed by atoms with van der Waals surface area (Å²) in [7, 11) is 1.59. The van der Waals surface area contributed by atoms with Gasteiger partial charge >= 0.3 is 5.97 Å². The summed E-state index contributed by atoms with van der Waals surface area (Å²) in [6.07, 6.45) is 12.1. The molecule has 0 aromatic rings. The molecule has 0 aromatic carbocycles. The predicted molar refractivity (Wildman–Crippen MR) is 145 cm³/mol. The average Bonchev–Trinajstić information content (AvgIpc) is 2.77. The molecule has 35 heavy (non-hydrogen) atoms. The Labute approximate surface area is 222 Å². The van der Waals surface area contributed by atoms with Crippen LogP contribution in [0.3, 0.4) is 0 Å². The highest BCUT2D eigenvalue weighted by atomic mass is 79.9. The van der Waals surface area contributed by atoms with Gasteiger partial charge in [-0.3, -0.25) is 4.79 Å². The van der Waals surface area contributed by atoms with E-state index in [9.17, 15) is 9.90 Å². The van der Waals surface area contributed by atoms with E-state index in [4.69, 9.17) is 4.74 Å². The van der Waals surface area contributed by atoms with Gasteiger partial charge < -0.3 is 9.84 Å². The zero-order valence-corrected chi connectivity index (χ0v) is 25.1. The van der Waals surface area contributed by atoms with Crippen molar-refractivity contribution < 1.29 is 14.6 Å². The van der Waals surface area contributed by atoms with Crippen molar-refractivity contribution in [3.8, 4) is 0 Å². The molecular formula is C31H49BrO3. The molecule has 0 aromatic heterocycles. The molecule has 0 aliphatic heterocycles. The van der Waals surface area contributed by atoms with Gasteiger partial charge in [0.2, 0.25) is 0 Å². The highest BCUT2D eigenvalue weighted by Gasteiger charge is 2.70. The van der Waals surface area contributed by atoms with Crippen LogP contribution in [0.25, 0.3) is 0 Å². The first-order chi connectivity index (χ1) is 16.1. The fourth-order valence-electron chi connectivity index (χ4n) is 10.9. The Morgan fingerprint density at radius 1 is 0.971 bits per heavy atom. The van der Waals surface area contributed by atoms with Gasteiger partial charge in [0, 0.05) is 4.83 Å². The Morgan fingerprint density at radius 2 is 1.63 bits per heavy atom. The average molecular weight is 550 g/mol. The van der Waals surface area contributed by atoms with Gasteiger partial charge in [-0.1, -0.05) is 76.0 Å². The molecule has 1 N–H and O–H groups in total. The van der Waals surface area contributed by atoms with Gasteiger partial charge in [-0.25, -0.2) is 0 Å². The minimum atomic E-state index is -0.336. The number of fused-ring (bicyclic) bond motifs is 7. The molecule has 4 saturated carbocycles. The van der Waals surface area contributed by atoms with Crippen molar-refractivity contribution in [2.24, 2.45) is 50.2 Å². The summed E-state index contributed by atoms with van der Waals surface area (Å²) < 4.78 is 5.50. The Morgan fingerprint density at radius 3 is 2.29 bits per heavy atom. The van der Waals surface area contributed by atoms with E-state index in [2.05, 4.69) is 70.5 Å². The second-order valence-electron chi connectivity index (χ2n) is 15.3. The van der Waals surface area contributed by atoms with E-state index in [1.165, 1.54) is 12.8 Å². The van der Waals surface area contributed by atoms with E-state index < -0.39 is 0 Å². The van der Waals surface area contributed by atoms with Crippen LogP contribution in [0.15, 0.2) is 11.6 Å². The van der Waals surface area contributed by atoms with Gasteiger partial charge in [0.05, 0.1) is 18.6 Å². The lowest BCUT2D eigenvalue weighted by Gasteiger charge is -2.71. The number of esters is 1. The number of aliphatic hydroxyl groups is 1. The van der Waals surface area contributed by atoms with Crippen LogP contribution >= 0.6 is 15.9 Å². The molecular weight excluding hydrogens is 500 g/mol. The Hall–Kier alpha value is -0.350.